The average molecular weight is 262 g/mol. The van der Waals surface area contributed by atoms with E-state index in [2.05, 4.69) is 15.6 Å². The maximum Gasteiger partial charge on any atom is 0.338 e. The molecule has 1 amide bonds. The molecule has 7 nitrogen and oxygen atoms in total. The van der Waals surface area contributed by atoms with Gasteiger partial charge >= 0.3 is 5.97 Å². The molecule has 0 bridgehead atoms. The van der Waals surface area contributed by atoms with Gasteiger partial charge in [-0.05, 0) is 26.0 Å². The Kier molecular flexibility index (Phi) is 3.46. The third kappa shape index (κ3) is 2.70. The molecule has 0 unspecified atom stereocenters. The number of carboxylic acid groups (broad SMARTS) is 1. The fourth-order valence-electron chi connectivity index (χ4n) is 1.78. The highest BCUT2D eigenvalue weighted by Gasteiger charge is 2.15. The van der Waals surface area contributed by atoms with Crippen LogP contribution in [0.4, 0.5) is 0 Å². The molecule has 0 fully saturated rings. The number of aromatic carboxylic acids is 1. The Bertz CT molecular complexity index is 633. The molecule has 7 heteroatoms. The summed E-state index contributed by atoms with van der Waals surface area (Å²) in [6.45, 7) is 3.73. The average Bonchev–Trinajstić information content (AvgIpc) is 2.71. The molecule has 0 spiro atoms. The molecule has 1 aromatic carbocycles. The Morgan fingerprint density at radius 2 is 2.16 bits per heavy atom. The molecule has 100 valence electrons. The van der Waals surface area contributed by atoms with Gasteiger partial charge in [0.15, 0.2) is 0 Å². The lowest BCUT2D eigenvalue weighted by atomic mass is 10.2. The highest BCUT2D eigenvalue weighted by atomic mass is 16.4. The molecule has 0 aliphatic heterocycles. The van der Waals surface area contributed by atoms with Gasteiger partial charge in [-0.3, -0.25) is 4.79 Å². The van der Waals surface area contributed by atoms with Crippen molar-refractivity contribution in [2.24, 2.45) is 0 Å². The maximum absolute atomic E-state index is 11.7. The molecule has 2 N–H and O–H groups in total. The van der Waals surface area contributed by atoms with E-state index in [0.29, 0.717) is 5.52 Å². The summed E-state index contributed by atoms with van der Waals surface area (Å²) in [4.78, 5) is 22.7. The smallest absolute Gasteiger partial charge is 0.338 e. The molecular formula is C12H14N4O3. The zero-order chi connectivity index (χ0) is 14.0. The van der Waals surface area contributed by atoms with Gasteiger partial charge in [0.2, 0.25) is 5.91 Å². The first kappa shape index (κ1) is 13.0. The number of aromatic nitrogens is 3. The van der Waals surface area contributed by atoms with Gasteiger partial charge in [0.1, 0.15) is 12.1 Å². The van der Waals surface area contributed by atoms with Crippen molar-refractivity contribution in [2.75, 3.05) is 0 Å². The first-order valence-corrected chi connectivity index (χ1v) is 5.84. The first-order valence-electron chi connectivity index (χ1n) is 5.84. The van der Waals surface area contributed by atoms with Crippen LogP contribution in [0.1, 0.15) is 24.2 Å². The van der Waals surface area contributed by atoms with Crippen LogP contribution < -0.4 is 5.32 Å². The van der Waals surface area contributed by atoms with Crippen molar-refractivity contribution in [1.29, 1.82) is 0 Å². The lowest BCUT2D eigenvalue weighted by molar-refractivity contribution is -0.122. The van der Waals surface area contributed by atoms with Gasteiger partial charge in [0.05, 0.1) is 11.1 Å². The lowest BCUT2D eigenvalue weighted by Gasteiger charge is -2.08. The summed E-state index contributed by atoms with van der Waals surface area (Å²) < 4.78 is 1.39. The predicted molar refractivity (Wildman–Crippen MR) is 67.8 cm³/mol. The number of nitrogens with zero attached hydrogens (tertiary/aromatic N) is 3. The number of carbonyl (C=O) groups is 2. The summed E-state index contributed by atoms with van der Waals surface area (Å²) in [6.07, 6.45) is 0. The van der Waals surface area contributed by atoms with E-state index in [4.69, 9.17) is 5.11 Å². The summed E-state index contributed by atoms with van der Waals surface area (Å²) in [5, 5.41) is 19.4. The van der Waals surface area contributed by atoms with Gasteiger partial charge < -0.3 is 10.4 Å². The summed E-state index contributed by atoms with van der Waals surface area (Å²) in [5.41, 5.74) is 0.888. The van der Waals surface area contributed by atoms with Crippen LogP contribution in [0.2, 0.25) is 0 Å². The van der Waals surface area contributed by atoms with Crippen molar-refractivity contribution in [3.8, 4) is 0 Å². The van der Waals surface area contributed by atoms with Crippen LogP contribution in [-0.4, -0.2) is 38.0 Å². The Hall–Kier alpha value is -2.44. The first-order chi connectivity index (χ1) is 8.99. The molecule has 1 heterocycles. The molecule has 19 heavy (non-hydrogen) atoms. The number of amides is 1. The molecule has 0 saturated heterocycles. The molecule has 0 saturated carbocycles. The Morgan fingerprint density at radius 1 is 1.42 bits per heavy atom. The number of carbonyl (C=O) groups excluding carboxylic acids is 1. The largest absolute Gasteiger partial charge is 0.478 e. The molecule has 2 aromatic rings. The summed E-state index contributed by atoms with van der Waals surface area (Å²) in [6, 6.07) is 4.78. The Morgan fingerprint density at radius 3 is 2.79 bits per heavy atom. The Labute approximate surface area is 109 Å². The minimum atomic E-state index is -1.07. The normalized spacial score (nSPS) is 10.9. The zero-order valence-corrected chi connectivity index (χ0v) is 10.6. The fraction of sp³-hybridized carbons (Fsp3) is 0.333. The van der Waals surface area contributed by atoms with Crippen LogP contribution in [0.3, 0.4) is 0 Å². The number of fused-ring (bicyclic) bond motifs is 1. The SMILES string of the molecule is CC(C)NC(=O)Cn1nnc2c(C(=O)O)cccc21. The van der Waals surface area contributed by atoms with Crippen molar-refractivity contribution in [2.45, 2.75) is 26.4 Å². The van der Waals surface area contributed by atoms with Crippen LogP contribution in [0.15, 0.2) is 18.2 Å². The maximum atomic E-state index is 11.7. The van der Waals surface area contributed by atoms with E-state index < -0.39 is 5.97 Å². The molecule has 0 aliphatic rings. The second kappa shape index (κ2) is 5.05. The minimum Gasteiger partial charge on any atom is -0.478 e. The van der Waals surface area contributed by atoms with E-state index in [0.717, 1.165) is 0 Å². The number of nitrogens with one attached hydrogen (secondary N) is 1. The van der Waals surface area contributed by atoms with Gasteiger partial charge in [0, 0.05) is 6.04 Å². The number of benzene rings is 1. The third-order valence-corrected chi connectivity index (χ3v) is 2.52. The van der Waals surface area contributed by atoms with Crippen LogP contribution in [0, 0.1) is 0 Å². The van der Waals surface area contributed by atoms with Crippen molar-refractivity contribution in [3.05, 3.63) is 23.8 Å². The van der Waals surface area contributed by atoms with E-state index >= 15 is 0 Å². The molecular weight excluding hydrogens is 248 g/mol. The van der Waals surface area contributed by atoms with Gasteiger partial charge in [-0.25, -0.2) is 9.48 Å². The lowest BCUT2D eigenvalue weighted by Crippen LogP contribution is -2.33. The van der Waals surface area contributed by atoms with Crippen LogP contribution in [0.25, 0.3) is 11.0 Å². The van der Waals surface area contributed by atoms with Gasteiger partial charge in [-0.15, -0.1) is 5.10 Å². The highest BCUT2D eigenvalue weighted by molar-refractivity contribution is 6.00. The van der Waals surface area contributed by atoms with E-state index in [1.54, 1.807) is 12.1 Å². The highest BCUT2D eigenvalue weighted by Crippen LogP contribution is 2.15. The second-order valence-corrected chi connectivity index (χ2v) is 4.45. The molecule has 0 aliphatic carbocycles. The number of hydrogen-bond acceptors (Lipinski definition) is 4. The fourth-order valence-corrected chi connectivity index (χ4v) is 1.78. The summed E-state index contributed by atoms with van der Waals surface area (Å²) >= 11 is 0. The molecule has 1 aromatic heterocycles. The van der Waals surface area contributed by atoms with Crippen LogP contribution >= 0.6 is 0 Å². The molecule has 0 atom stereocenters. The Balaban J connectivity index is 2.33. The van der Waals surface area contributed by atoms with E-state index in [9.17, 15) is 9.59 Å². The van der Waals surface area contributed by atoms with Crippen LogP contribution in [0.5, 0.6) is 0 Å². The van der Waals surface area contributed by atoms with Crippen molar-refractivity contribution in [3.63, 3.8) is 0 Å². The standard InChI is InChI=1S/C12H14N4O3/c1-7(2)13-10(17)6-16-9-5-3-4-8(12(18)19)11(9)14-15-16/h3-5,7H,6H2,1-2H3,(H,13,17)(H,18,19). The van der Waals surface area contributed by atoms with Crippen LogP contribution in [-0.2, 0) is 11.3 Å². The number of rotatable bonds is 4. The monoisotopic (exact) mass is 262 g/mol. The molecule has 0 radical (unpaired) electrons. The zero-order valence-electron chi connectivity index (χ0n) is 10.6. The van der Waals surface area contributed by atoms with Crippen molar-refractivity contribution < 1.29 is 14.7 Å². The van der Waals surface area contributed by atoms with Gasteiger partial charge in [-0.1, -0.05) is 11.3 Å². The third-order valence-electron chi connectivity index (χ3n) is 2.52. The van der Waals surface area contributed by atoms with Gasteiger partial charge in [0.25, 0.3) is 0 Å². The quantitative estimate of drug-likeness (QED) is 0.843. The minimum absolute atomic E-state index is 0.0117. The topological polar surface area (TPSA) is 97.1 Å². The molecule has 2 rings (SSSR count). The second-order valence-electron chi connectivity index (χ2n) is 4.45. The number of carboxylic acids is 1. The van der Waals surface area contributed by atoms with E-state index in [1.165, 1.54) is 10.7 Å². The summed E-state index contributed by atoms with van der Waals surface area (Å²) in [5.74, 6) is -1.26. The van der Waals surface area contributed by atoms with E-state index in [1.807, 2.05) is 13.8 Å². The van der Waals surface area contributed by atoms with Crippen molar-refractivity contribution >= 4 is 22.9 Å². The summed E-state index contributed by atoms with van der Waals surface area (Å²) in [7, 11) is 0. The number of hydrogen-bond donors (Lipinski definition) is 2. The van der Waals surface area contributed by atoms with E-state index in [-0.39, 0.29) is 29.6 Å². The van der Waals surface area contributed by atoms with Gasteiger partial charge in [-0.2, -0.15) is 0 Å². The van der Waals surface area contributed by atoms with Crippen molar-refractivity contribution in [1.82, 2.24) is 20.3 Å². The predicted octanol–water partition coefficient (Wildman–Crippen LogP) is 0.654.